The van der Waals surface area contributed by atoms with Crippen LogP contribution in [0.25, 0.3) is 0 Å². The molecule has 1 aromatic carbocycles. The topological polar surface area (TPSA) is 75.4 Å². The molecule has 0 spiro atoms. The summed E-state index contributed by atoms with van der Waals surface area (Å²) in [7, 11) is 0. The van der Waals surface area contributed by atoms with Crippen molar-refractivity contribution in [1.82, 2.24) is 10.2 Å². The van der Waals surface area contributed by atoms with Crippen molar-refractivity contribution in [2.75, 3.05) is 25.4 Å². The third-order valence-corrected chi connectivity index (χ3v) is 3.87. The molecule has 1 heterocycles. The molecule has 1 aromatic rings. The van der Waals surface area contributed by atoms with Gasteiger partial charge >= 0.3 is 0 Å². The monoisotopic (exact) mass is 289 g/mol. The fraction of sp³-hybridized carbons (Fsp3) is 0.500. The average molecular weight is 289 g/mol. The van der Waals surface area contributed by atoms with Crippen LogP contribution in [0.5, 0.6) is 0 Å². The van der Waals surface area contributed by atoms with Crippen LogP contribution >= 0.6 is 0 Å². The standard InChI is InChI=1S/C16H23N3O2/c1-12-11-13(5-6-14(12)17)16(21)18-8-7-15(20)19-9-3-2-4-10-19/h5-6,11H,2-4,7-10,17H2,1H3,(H,18,21). The molecule has 21 heavy (non-hydrogen) atoms. The Morgan fingerprint density at radius 1 is 1.24 bits per heavy atom. The van der Waals surface area contributed by atoms with Gasteiger partial charge in [0.1, 0.15) is 0 Å². The highest BCUT2D eigenvalue weighted by Crippen LogP contribution is 2.12. The molecular formula is C16H23N3O2. The largest absolute Gasteiger partial charge is 0.399 e. The Bertz CT molecular complexity index is 522. The molecular weight excluding hydrogens is 266 g/mol. The number of nitrogens with two attached hydrogens (primary N) is 1. The van der Waals surface area contributed by atoms with Gasteiger partial charge in [0.2, 0.25) is 5.91 Å². The molecule has 3 N–H and O–H groups in total. The van der Waals surface area contributed by atoms with Gasteiger partial charge in [-0.05, 0) is 49.9 Å². The number of likely N-dealkylation sites (tertiary alicyclic amines) is 1. The van der Waals surface area contributed by atoms with E-state index >= 15 is 0 Å². The van der Waals surface area contributed by atoms with Crippen LogP contribution < -0.4 is 11.1 Å². The fourth-order valence-electron chi connectivity index (χ4n) is 2.50. The van der Waals surface area contributed by atoms with Crippen LogP contribution in [0.1, 0.15) is 41.6 Å². The average Bonchev–Trinajstić information content (AvgIpc) is 2.50. The molecule has 2 amide bonds. The highest BCUT2D eigenvalue weighted by atomic mass is 16.2. The van der Waals surface area contributed by atoms with Crippen LogP contribution in [0.3, 0.4) is 0 Å². The third-order valence-electron chi connectivity index (χ3n) is 3.87. The van der Waals surface area contributed by atoms with Crippen molar-refractivity contribution < 1.29 is 9.59 Å². The minimum Gasteiger partial charge on any atom is -0.399 e. The molecule has 1 fully saturated rings. The van der Waals surface area contributed by atoms with Gasteiger partial charge in [-0.2, -0.15) is 0 Å². The lowest BCUT2D eigenvalue weighted by Gasteiger charge is -2.26. The first-order valence-corrected chi connectivity index (χ1v) is 7.50. The van der Waals surface area contributed by atoms with E-state index in [1.54, 1.807) is 18.2 Å². The molecule has 0 atom stereocenters. The Balaban J connectivity index is 1.78. The number of amides is 2. The van der Waals surface area contributed by atoms with Gasteiger partial charge in [-0.3, -0.25) is 9.59 Å². The number of piperidine rings is 1. The number of carbonyl (C=O) groups is 2. The minimum atomic E-state index is -0.162. The molecule has 1 saturated heterocycles. The van der Waals surface area contributed by atoms with Crippen molar-refractivity contribution in [1.29, 1.82) is 0 Å². The van der Waals surface area contributed by atoms with Gasteiger partial charge < -0.3 is 16.0 Å². The van der Waals surface area contributed by atoms with Gasteiger partial charge in [0.25, 0.3) is 5.91 Å². The van der Waals surface area contributed by atoms with Gasteiger partial charge in [-0.1, -0.05) is 0 Å². The van der Waals surface area contributed by atoms with Crippen LogP contribution in [0.4, 0.5) is 5.69 Å². The number of anilines is 1. The second-order valence-electron chi connectivity index (χ2n) is 5.52. The van der Waals surface area contributed by atoms with E-state index in [1.807, 2.05) is 11.8 Å². The van der Waals surface area contributed by atoms with Gasteiger partial charge in [0.15, 0.2) is 0 Å². The van der Waals surface area contributed by atoms with Crippen LogP contribution in [-0.2, 0) is 4.79 Å². The zero-order chi connectivity index (χ0) is 15.2. The Hall–Kier alpha value is -2.04. The van der Waals surface area contributed by atoms with Gasteiger partial charge in [0, 0.05) is 37.3 Å². The Labute approximate surface area is 125 Å². The molecule has 0 unspecified atom stereocenters. The molecule has 0 aliphatic carbocycles. The third kappa shape index (κ3) is 4.21. The smallest absolute Gasteiger partial charge is 0.251 e. The number of nitrogen functional groups attached to an aromatic ring is 1. The van der Waals surface area contributed by atoms with Crippen molar-refractivity contribution >= 4 is 17.5 Å². The maximum absolute atomic E-state index is 12.0. The molecule has 0 saturated carbocycles. The first-order chi connectivity index (χ1) is 10.1. The van der Waals surface area contributed by atoms with Crippen LogP contribution in [-0.4, -0.2) is 36.3 Å². The van der Waals surface area contributed by atoms with E-state index in [1.165, 1.54) is 6.42 Å². The van der Waals surface area contributed by atoms with E-state index in [0.29, 0.717) is 24.2 Å². The van der Waals surface area contributed by atoms with Gasteiger partial charge in [0.05, 0.1) is 0 Å². The SMILES string of the molecule is Cc1cc(C(=O)NCCC(=O)N2CCCCC2)ccc1N. The lowest BCUT2D eigenvalue weighted by atomic mass is 10.1. The second-order valence-corrected chi connectivity index (χ2v) is 5.52. The Morgan fingerprint density at radius 2 is 1.95 bits per heavy atom. The summed E-state index contributed by atoms with van der Waals surface area (Å²) in [6, 6.07) is 5.18. The summed E-state index contributed by atoms with van der Waals surface area (Å²) in [5.41, 5.74) is 7.86. The first kappa shape index (κ1) is 15.4. The quantitative estimate of drug-likeness (QED) is 0.829. The fourth-order valence-corrected chi connectivity index (χ4v) is 2.50. The van der Waals surface area contributed by atoms with Crippen LogP contribution in [0.2, 0.25) is 0 Å². The maximum Gasteiger partial charge on any atom is 0.251 e. The maximum atomic E-state index is 12.0. The number of hydrogen-bond donors (Lipinski definition) is 2. The van der Waals surface area contributed by atoms with E-state index in [9.17, 15) is 9.59 Å². The molecule has 114 valence electrons. The molecule has 0 bridgehead atoms. The molecule has 2 rings (SSSR count). The summed E-state index contributed by atoms with van der Waals surface area (Å²) in [5, 5.41) is 2.79. The first-order valence-electron chi connectivity index (χ1n) is 7.50. The molecule has 0 aromatic heterocycles. The molecule has 1 aliphatic rings. The number of hydrogen-bond acceptors (Lipinski definition) is 3. The van der Waals surface area contributed by atoms with Crippen molar-refractivity contribution in [2.45, 2.75) is 32.6 Å². The highest BCUT2D eigenvalue weighted by molar-refractivity contribution is 5.95. The van der Waals surface area contributed by atoms with E-state index in [0.717, 1.165) is 31.5 Å². The predicted molar refractivity (Wildman–Crippen MR) is 83.0 cm³/mol. The van der Waals surface area contributed by atoms with Crippen molar-refractivity contribution in [3.8, 4) is 0 Å². The number of rotatable bonds is 4. The normalized spacial score (nSPS) is 14.8. The lowest BCUT2D eigenvalue weighted by molar-refractivity contribution is -0.131. The number of carbonyl (C=O) groups excluding carboxylic acids is 2. The number of nitrogens with one attached hydrogen (secondary N) is 1. The molecule has 5 nitrogen and oxygen atoms in total. The molecule has 5 heteroatoms. The molecule has 1 aliphatic heterocycles. The van der Waals surface area contributed by atoms with Gasteiger partial charge in [-0.25, -0.2) is 0 Å². The van der Waals surface area contributed by atoms with E-state index in [-0.39, 0.29) is 11.8 Å². The summed E-state index contributed by atoms with van der Waals surface area (Å²) < 4.78 is 0. The zero-order valence-corrected chi connectivity index (χ0v) is 12.5. The van der Waals surface area contributed by atoms with E-state index in [4.69, 9.17) is 5.73 Å². The summed E-state index contributed by atoms with van der Waals surface area (Å²) in [6.07, 6.45) is 3.74. The van der Waals surface area contributed by atoms with Crippen molar-refractivity contribution in [2.24, 2.45) is 0 Å². The number of benzene rings is 1. The minimum absolute atomic E-state index is 0.128. The van der Waals surface area contributed by atoms with Crippen LogP contribution in [0.15, 0.2) is 18.2 Å². The second kappa shape index (κ2) is 7.11. The van der Waals surface area contributed by atoms with Crippen molar-refractivity contribution in [3.05, 3.63) is 29.3 Å². The van der Waals surface area contributed by atoms with Crippen molar-refractivity contribution in [3.63, 3.8) is 0 Å². The number of aryl methyl sites for hydroxylation is 1. The lowest BCUT2D eigenvalue weighted by Crippen LogP contribution is -2.37. The Morgan fingerprint density at radius 3 is 2.62 bits per heavy atom. The highest BCUT2D eigenvalue weighted by Gasteiger charge is 2.16. The summed E-state index contributed by atoms with van der Waals surface area (Å²) >= 11 is 0. The van der Waals surface area contributed by atoms with E-state index < -0.39 is 0 Å². The molecule has 0 radical (unpaired) electrons. The summed E-state index contributed by atoms with van der Waals surface area (Å²) in [6.45, 7) is 3.94. The van der Waals surface area contributed by atoms with Gasteiger partial charge in [-0.15, -0.1) is 0 Å². The number of nitrogens with zero attached hydrogens (tertiary/aromatic N) is 1. The predicted octanol–water partition coefficient (Wildman–Crippen LogP) is 1.71. The zero-order valence-electron chi connectivity index (χ0n) is 12.5. The van der Waals surface area contributed by atoms with Crippen LogP contribution in [0, 0.1) is 6.92 Å². The summed E-state index contributed by atoms with van der Waals surface area (Å²) in [4.78, 5) is 25.9. The van der Waals surface area contributed by atoms with E-state index in [2.05, 4.69) is 5.32 Å². The Kier molecular flexibility index (Phi) is 5.20. The summed E-state index contributed by atoms with van der Waals surface area (Å²) in [5.74, 6) is -0.0342.